The molecule has 1 unspecified atom stereocenters. The van der Waals surface area contributed by atoms with Gasteiger partial charge in [-0.25, -0.2) is 0 Å². The van der Waals surface area contributed by atoms with Gasteiger partial charge in [-0.15, -0.1) is 0 Å². The van der Waals surface area contributed by atoms with E-state index in [4.69, 9.17) is 6.58 Å². The summed E-state index contributed by atoms with van der Waals surface area (Å²) in [6.07, 6.45) is 2.78. The molecule has 0 N–H and O–H groups in total. The minimum Gasteiger partial charge on any atom is -0.0843 e. The summed E-state index contributed by atoms with van der Waals surface area (Å²) in [6.45, 7) is 11.9. The Labute approximate surface area is 52.6 Å². The lowest BCUT2D eigenvalue weighted by atomic mass is 9.95. The highest BCUT2D eigenvalue weighted by Crippen LogP contribution is 2.13. The Morgan fingerprint density at radius 3 is 2.00 bits per heavy atom. The van der Waals surface area contributed by atoms with Gasteiger partial charge in [0.25, 0.3) is 0 Å². The molecule has 0 heterocycles. The summed E-state index contributed by atoms with van der Waals surface area (Å²) in [4.78, 5) is 0. The van der Waals surface area contributed by atoms with Crippen LogP contribution in [0.4, 0.5) is 0 Å². The summed E-state index contributed by atoms with van der Waals surface area (Å²) in [5.41, 5.74) is 0. The fraction of sp³-hybridized carbons (Fsp3) is 0.750. The third-order valence-corrected chi connectivity index (χ3v) is 1.65. The van der Waals surface area contributed by atoms with Crippen LogP contribution in [0, 0.1) is 18.4 Å². The number of rotatable bonds is 3. The van der Waals surface area contributed by atoms with Crippen LogP contribution in [0.1, 0.15) is 27.2 Å². The van der Waals surface area contributed by atoms with Crippen LogP contribution in [0.3, 0.4) is 0 Å². The predicted molar refractivity (Wildman–Crippen MR) is 37.5 cm³/mol. The zero-order chi connectivity index (χ0) is 6.57. The highest BCUT2D eigenvalue weighted by atomic mass is 14.1. The second-order valence-corrected chi connectivity index (χ2v) is 2.69. The van der Waals surface area contributed by atoms with Gasteiger partial charge in [0.05, 0.1) is 0 Å². The first-order valence-electron chi connectivity index (χ1n) is 3.22. The molecule has 1 atom stereocenters. The predicted octanol–water partition coefficient (Wildman–Crippen LogP) is 2.66. The molecule has 0 bridgehead atoms. The van der Waals surface area contributed by atoms with Gasteiger partial charge in [-0.2, -0.15) is 0 Å². The van der Waals surface area contributed by atoms with Gasteiger partial charge in [0, 0.05) is 0 Å². The Morgan fingerprint density at radius 1 is 1.38 bits per heavy atom. The van der Waals surface area contributed by atoms with E-state index < -0.39 is 0 Å². The van der Waals surface area contributed by atoms with Gasteiger partial charge in [0.1, 0.15) is 0 Å². The average molecular weight is 111 g/mol. The van der Waals surface area contributed by atoms with Crippen molar-refractivity contribution < 1.29 is 0 Å². The van der Waals surface area contributed by atoms with Crippen molar-refractivity contribution in [2.75, 3.05) is 0 Å². The van der Waals surface area contributed by atoms with Crippen LogP contribution in [0.25, 0.3) is 0 Å². The largest absolute Gasteiger partial charge is 0.0843 e. The summed E-state index contributed by atoms with van der Waals surface area (Å²) in [5.74, 6) is 1.50. The van der Waals surface area contributed by atoms with Crippen molar-refractivity contribution in [3.8, 4) is 0 Å². The van der Waals surface area contributed by atoms with Gasteiger partial charge < -0.3 is 0 Å². The van der Waals surface area contributed by atoms with Gasteiger partial charge in [-0.3, -0.25) is 0 Å². The molecule has 0 saturated carbocycles. The standard InChI is InChI=1S/C8H15/c1-5-6-8(4)7(2)3/h1,5,7-8H,6H2,2-4H3. The highest BCUT2D eigenvalue weighted by molar-refractivity contribution is 4.69. The van der Waals surface area contributed by atoms with Gasteiger partial charge in [-0.1, -0.05) is 33.4 Å². The molecule has 0 nitrogen and oxygen atoms in total. The van der Waals surface area contributed by atoms with Crippen molar-refractivity contribution in [2.24, 2.45) is 11.8 Å². The van der Waals surface area contributed by atoms with Crippen molar-refractivity contribution in [2.45, 2.75) is 27.2 Å². The van der Waals surface area contributed by atoms with Crippen LogP contribution >= 0.6 is 0 Å². The first-order valence-corrected chi connectivity index (χ1v) is 3.22. The van der Waals surface area contributed by atoms with Crippen molar-refractivity contribution in [3.05, 3.63) is 12.7 Å². The first-order chi connectivity index (χ1) is 3.68. The Bertz CT molecular complexity index is 62.4. The molecule has 1 radical (unpaired) electrons. The van der Waals surface area contributed by atoms with Crippen LogP contribution in [-0.2, 0) is 0 Å². The minimum absolute atomic E-state index is 0.736. The van der Waals surface area contributed by atoms with E-state index in [0.29, 0.717) is 0 Å². The van der Waals surface area contributed by atoms with Crippen LogP contribution in [0.2, 0.25) is 0 Å². The Balaban J connectivity index is 3.30. The lowest BCUT2D eigenvalue weighted by Crippen LogP contribution is -2.01. The fourth-order valence-corrected chi connectivity index (χ4v) is 0.487. The molecule has 0 aromatic heterocycles. The highest BCUT2D eigenvalue weighted by Gasteiger charge is 2.02. The first kappa shape index (κ1) is 7.74. The SMILES string of the molecule is [CH]=CCC(C)C(C)C. The molecule has 0 saturated heterocycles. The van der Waals surface area contributed by atoms with Gasteiger partial charge in [0.15, 0.2) is 0 Å². The molecule has 0 spiro atoms. The van der Waals surface area contributed by atoms with Crippen molar-refractivity contribution in [1.82, 2.24) is 0 Å². The second kappa shape index (κ2) is 3.71. The van der Waals surface area contributed by atoms with E-state index in [9.17, 15) is 0 Å². The molecule has 0 aromatic carbocycles. The minimum atomic E-state index is 0.736. The molecular formula is C8H15. The van der Waals surface area contributed by atoms with E-state index in [1.165, 1.54) is 0 Å². The maximum absolute atomic E-state index is 5.24. The van der Waals surface area contributed by atoms with Crippen LogP contribution in [0.15, 0.2) is 6.08 Å². The van der Waals surface area contributed by atoms with E-state index in [2.05, 4.69) is 20.8 Å². The number of hydrogen-bond acceptors (Lipinski definition) is 0. The topological polar surface area (TPSA) is 0 Å². The van der Waals surface area contributed by atoms with E-state index in [1.54, 1.807) is 6.08 Å². The summed E-state index contributed by atoms with van der Waals surface area (Å²) < 4.78 is 0. The van der Waals surface area contributed by atoms with Crippen molar-refractivity contribution in [1.29, 1.82) is 0 Å². The molecule has 0 aliphatic heterocycles. The van der Waals surface area contributed by atoms with Crippen molar-refractivity contribution in [3.63, 3.8) is 0 Å². The second-order valence-electron chi connectivity index (χ2n) is 2.69. The zero-order valence-electron chi connectivity index (χ0n) is 6.02. The molecule has 47 valence electrons. The van der Waals surface area contributed by atoms with Crippen LogP contribution < -0.4 is 0 Å². The van der Waals surface area contributed by atoms with Gasteiger partial charge >= 0.3 is 0 Å². The molecule has 0 rings (SSSR count). The molecule has 0 aliphatic carbocycles. The normalized spacial score (nSPS) is 14.0. The lowest BCUT2D eigenvalue weighted by Gasteiger charge is -2.11. The molecule has 0 amide bonds. The molecule has 8 heavy (non-hydrogen) atoms. The van der Waals surface area contributed by atoms with E-state index in [-0.39, 0.29) is 0 Å². The van der Waals surface area contributed by atoms with Gasteiger partial charge in [0.2, 0.25) is 0 Å². The average Bonchev–Trinajstić information content (AvgIpc) is 1.67. The van der Waals surface area contributed by atoms with Crippen LogP contribution in [-0.4, -0.2) is 0 Å². The fourth-order valence-electron chi connectivity index (χ4n) is 0.487. The number of allylic oxidation sites excluding steroid dienone is 1. The van der Waals surface area contributed by atoms with E-state index in [1.807, 2.05) is 0 Å². The van der Waals surface area contributed by atoms with E-state index in [0.717, 1.165) is 18.3 Å². The number of hydrogen-bond donors (Lipinski definition) is 0. The van der Waals surface area contributed by atoms with E-state index >= 15 is 0 Å². The maximum Gasteiger partial charge on any atom is -0.0319 e. The zero-order valence-corrected chi connectivity index (χ0v) is 6.02. The molecule has 0 fully saturated rings. The maximum atomic E-state index is 5.24. The Hall–Kier alpha value is -0.260. The Kier molecular flexibility index (Phi) is 3.59. The molecule has 0 aliphatic rings. The molecular weight excluding hydrogens is 96.1 g/mol. The summed E-state index contributed by atoms with van der Waals surface area (Å²) in [5, 5.41) is 0. The third kappa shape index (κ3) is 2.84. The monoisotopic (exact) mass is 111 g/mol. The lowest BCUT2D eigenvalue weighted by molar-refractivity contribution is 0.424. The Morgan fingerprint density at radius 2 is 1.88 bits per heavy atom. The van der Waals surface area contributed by atoms with Gasteiger partial charge in [-0.05, 0) is 18.3 Å². The van der Waals surface area contributed by atoms with Crippen LogP contribution in [0.5, 0.6) is 0 Å². The molecule has 0 heteroatoms. The molecule has 0 aromatic rings. The summed E-state index contributed by atoms with van der Waals surface area (Å²) in [7, 11) is 0. The summed E-state index contributed by atoms with van der Waals surface area (Å²) >= 11 is 0. The van der Waals surface area contributed by atoms with Crippen molar-refractivity contribution >= 4 is 0 Å². The third-order valence-electron chi connectivity index (χ3n) is 1.65. The quantitative estimate of drug-likeness (QED) is 0.525. The summed E-state index contributed by atoms with van der Waals surface area (Å²) in [6, 6.07) is 0. The smallest absolute Gasteiger partial charge is 0.0319 e.